The van der Waals surface area contributed by atoms with Crippen LogP contribution in [-0.2, 0) is 33.4 Å². The van der Waals surface area contributed by atoms with Gasteiger partial charge in [-0.1, -0.05) is 88.0 Å². The van der Waals surface area contributed by atoms with Gasteiger partial charge in [0.15, 0.2) is 18.0 Å². The van der Waals surface area contributed by atoms with Gasteiger partial charge in [-0.05, 0) is 25.2 Å². The van der Waals surface area contributed by atoms with E-state index in [-0.39, 0.29) is 12.0 Å². The van der Waals surface area contributed by atoms with Gasteiger partial charge in [0.1, 0.15) is 17.8 Å². The highest BCUT2D eigenvalue weighted by atomic mass is 16.6. The van der Waals surface area contributed by atoms with Crippen molar-refractivity contribution in [3.05, 3.63) is 24.3 Å². The summed E-state index contributed by atoms with van der Waals surface area (Å²) < 4.78 is 17.7. The summed E-state index contributed by atoms with van der Waals surface area (Å²) in [5.74, 6) is -7.47. The number of hydrogen-bond acceptors (Lipinski definition) is 10. The normalized spacial score (nSPS) is 36.3. The molecular formula is C34H54O10. The quantitative estimate of drug-likeness (QED) is 0.206. The van der Waals surface area contributed by atoms with Gasteiger partial charge in [-0.15, -0.1) is 0 Å². The summed E-state index contributed by atoms with van der Waals surface area (Å²) in [6.45, 7) is 20.9. The van der Waals surface area contributed by atoms with E-state index in [0.717, 1.165) is 0 Å². The Morgan fingerprint density at radius 3 is 1.93 bits per heavy atom. The van der Waals surface area contributed by atoms with E-state index in [1.807, 2.05) is 0 Å². The molecule has 11 atom stereocenters. The molecule has 2 aliphatic rings. The standard InChI is InChI=1S/C34H54O10/c1-12-18(5)31(39)42-25-22(9)26(43-30(38)17(3)4)27(44-32(40)19(6)13-2)29(37)33(10,11)15-14-21(8)34(41)16-20(7)24(35)23(25)28(34)36/h14-15,17-21,23-27,29,35,37,41H,9,12-13,16H2,1-8,10-11H3/b15-14+/t18-,19-,20+,21+,23-,24+,25+,26+,27-,29-,34+/m1/s1. The first-order chi connectivity index (χ1) is 20.2. The third-order valence-electron chi connectivity index (χ3n) is 9.55. The Hall–Kier alpha value is -2.56. The Morgan fingerprint density at radius 1 is 0.932 bits per heavy atom. The lowest BCUT2D eigenvalue weighted by Gasteiger charge is -2.48. The Bertz CT molecular complexity index is 1110. The van der Waals surface area contributed by atoms with Crippen molar-refractivity contribution in [2.75, 3.05) is 0 Å². The topological polar surface area (TPSA) is 157 Å². The van der Waals surface area contributed by atoms with Crippen molar-refractivity contribution in [3.8, 4) is 0 Å². The van der Waals surface area contributed by atoms with Crippen LogP contribution >= 0.6 is 0 Å². The predicted molar refractivity (Wildman–Crippen MR) is 164 cm³/mol. The molecular weight excluding hydrogens is 568 g/mol. The summed E-state index contributed by atoms with van der Waals surface area (Å²) in [7, 11) is 0. The molecule has 0 spiro atoms. The minimum atomic E-state index is -1.95. The van der Waals surface area contributed by atoms with Crippen LogP contribution in [-0.4, -0.2) is 75.1 Å². The molecule has 2 bridgehead atoms. The molecule has 2 rings (SSSR count). The summed E-state index contributed by atoms with van der Waals surface area (Å²) in [5.41, 5.74) is -3.25. The first kappa shape index (κ1) is 37.6. The van der Waals surface area contributed by atoms with Crippen LogP contribution < -0.4 is 0 Å². The number of ketones is 1. The smallest absolute Gasteiger partial charge is 0.309 e. The molecule has 10 nitrogen and oxygen atoms in total. The van der Waals surface area contributed by atoms with Crippen LogP contribution in [0.15, 0.2) is 24.3 Å². The zero-order valence-corrected chi connectivity index (χ0v) is 28.0. The van der Waals surface area contributed by atoms with Gasteiger partial charge in [-0.3, -0.25) is 19.2 Å². The number of carbonyl (C=O) groups excluding carboxylic acids is 4. The van der Waals surface area contributed by atoms with E-state index in [1.165, 1.54) is 0 Å². The fourth-order valence-corrected chi connectivity index (χ4v) is 5.58. The van der Waals surface area contributed by atoms with E-state index in [9.17, 15) is 34.5 Å². The minimum absolute atomic E-state index is 0.0581. The zero-order valence-electron chi connectivity index (χ0n) is 28.0. The van der Waals surface area contributed by atoms with Crippen LogP contribution in [0.1, 0.15) is 88.5 Å². The fraction of sp³-hybridized carbons (Fsp3) is 0.765. The molecule has 0 heterocycles. The van der Waals surface area contributed by atoms with Gasteiger partial charge < -0.3 is 29.5 Å². The molecule has 0 saturated heterocycles. The molecule has 250 valence electrons. The lowest BCUT2D eigenvalue weighted by molar-refractivity contribution is -0.190. The molecule has 0 aromatic rings. The Labute approximate surface area is 262 Å². The average molecular weight is 623 g/mol. The fourth-order valence-electron chi connectivity index (χ4n) is 5.58. The first-order valence-corrected chi connectivity index (χ1v) is 15.9. The van der Waals surface area contributed by atoms with Crippen LogP contribution in [0.3, 0.4) is 0 Å². The molecule has 1 saturated carbocycles. The maximum atomic E-state index is 14.2. The van der Waals surface area contributed by atoms with Crippen molar-refractivity contribution in [1.82, 2.24) is 0 Å². The molecule has 0 aromatic carbocycles. The number of aliphatic hydroxyl groups excluding tert-OH is 2. The van der Waals surface area contributed by atoms with Gasteiger partial charge in [0.05, 0.1) is 29.8 Å². The molecule has 0 radical (unpaired) electrons. The average Bonchev–Trinajstić information content (AvgIpc) is 2.97. The lowest BCUT2D eigenvalue weighted by atomic mass is 9.62. The van der Waals surface area contributed by atoms with Gasteiger partial charge in [-0.2, -0.15) is 0 Å². The van der Waals surface area contributed by atoms with Crippen molar-refractivity contribution >= 4 is 23.7 Å². The second kappa shape index (κ2) is 14.7. The molecule has 2 aliphatic carbocycles. The third-order valence-corrected chi connectivity index (χ3v) is 9.55. The molecule has 44 heavy (non-hydrogen) atoms. The van der Waals surface area contributed by atoms with Crippen molar-refractivity contribution in [2.45, 2.75) is 125 Å². The Balaban J connectivity index is 2.96. The number of fused-ring (bicyclic) bond motifs is 2. The summed E-state index contributed by atoms with van der Waals surface area (Å²) >= 11 is 0. The number of hydrogen-bond donors (Lipinski definition) is 3. The Morgan fingerprint density at radius 2 is 1.43 bits per heavy atom. The van der Waals surface area contributed by atoms with Crippen LogP contribution in [0.2, 0.25) is 0 Å². The number of esters is 3. The monoisotopic (exact) mass is 622 g/mol. The SMILES string of the molecule is C=C1[C@H](OC(=O)C(C)C)[C@@H](OC(=O)[C@H](C)CC)[C@@H](O)C(C)(C)/C=C/[C@H](C)[C@@]2(O)C[C@H](C)[C@H](O)[C@@H](C2=O)[C@H]1OC(=O)[C@H](C)CC. The highest BCUT2D eigenvalue weighted by molar-refractivity contribution is 5.92. The number of aliphatic hydroxyl groups is 3. The van der Waals surface area contributed by atoms with Crippen LogP contribution in [0.4, 0.5) is 0 Å². The molecule has 0 unspecified atom stereocenters. The van der Waals surface area contributed by atoms with Crippen LogP contribution in [0.5, 0.6) is 0 Å². The van der Waals surface area contributed by atoms with E-state index in [0.29, 0.717) is 12.8 Å². The molecule has 0 aromatic heterocycles. The van der Waals surface area contributed by atoms with Gasteiger partial charge in [0.2, 0.25) is 0 Å². The third kappa shape index (κ3) is 7.80. The number of ether oxygens (including phenoxy) is 3. The molecule has 10 heteroatoms. The molecule has 0 aliphatic heterocycles. The second-order valence-corrected chi connectivity index (χ2v) is 13.9. The zero-order chi connectivity index (χ0) is 33.9. The molecule has 3 N–H and O–H groups in total. The van der Waals surface area contributed by atoms with E-state index in [4.69, 9.17) is 14.2 Å². The number of carbonyl (C=O) groups is 4. The van der Waals surface area contributed by atoms with Gasteiger partial charge >= 0.3 is 17.9 Å². The van der Waals surface area contributed by atoms with Crippen LogP contribution in [0.25, 0.3) is 0 Å². The number of rotatable bonds is 8. The van der Waals surface area contributed by atoms with Crippen molar-refractivity contribution in [3.63, 3.8) is 0 Å². The number of Topliss-reactive ketones (excluding diaryl/α,β-unsaturated/α-hetero) is 1. The van der Waals surface area contributed by atoms with Crippen molar-refractivity contribution in [1.29, 1.82) is 0 Å². The summed E-state index contributed by atoms with van der Waals surface area (Å²) in [4.78, 5) is 53.9. The van der Waals surface area contributed by atoms with E-state index in [2.05, 4.69) is 6.58 Å². The van der Waals surface area contributed by atoms with E-state index in [1.54, 1.807) is 81.4 Å². The highest BCUT2D eigenvalue weighted by Gasteiger charge is 2.58. The lowest BCUT2D eigenvalue weighted by Crippen LogP contribution is -2.62. The van der Waals surface area contributed by atoms with Crippen molar-refractivity contribution in [2.24, 2.45) is 40.9 Å². The Kier molecular flexibility index (Phi) is 12.6. The molecule has 1 fully saturated rings. The minimum Gasteiger partial charge on any atom is -0.457 e. The summed E-state index contributed by atoms with van der Waals surface area (Å²) in [6.07, 6.45) is -3.51. The highest BCUT2D eigenvalue weighted by Crippen LogP contribution is 2.44. The van der Waals surface area contributed by atoms with Crippen LogP contribution in [0, 0.1) is 40.9 Å². The van der Waals surface area contributed by atoms with E-state index >= 15 is 0 Å². The molecule has 0 amide bonds. The maximum Gasteiger partial charge on any atom is 0.309 e. The first-order valence-electron chi connectivity index (χ1n) is 15.9. The summed E-state index contributed by atoms with van der Waals surface area (Å²) in [6, 6.07) is 0. The summed E-state index contributed by atoms with van der Waals surface area (Å²) in [5, 5.41) is 35.2. The van der Waals surface area contributed by atoms with Gasteiger partial charge in [0, 0.05) is 16.9 Å². The van der Waals surface area contributed by atoms with Gasteiger partial charge in [0.25, 0.3) is 0 Å². The van der Waals surface area contributed by atoms with Gasteiger partial charge in [-0.25, -0.2) is 0 Å². The predicted octanol–water partition coefficient (Wildman–Crippen LogP) is 3.94. The largest absolute Gasteiger partial charge is 0.457 e. The van der Waals surface area contributed by atoms with Crippen molar-refractivity contribution < 1.29 is 48.7 Å². The van der Waals surface area contributed by atoms with E-state index < -0.39 is 101 Å². The second-order valence-electron chi connectivity index (χ2n) is 13.9. The maximum absolute atomic E-state index is 14.2.